The van der Waals surface area contributed by atoms with Gasteiger partial charge in [0.1, 0.15) is 5.82 Å². The van der Waals surface area contributed by atoms with E-state index in [2.05, 4.69) is 9.88 Å². The van der Waals surface area contributed by atoms with Gasteiger partial charge in [-0.1, -0.05) is 18.2 Å². The third kappa shape index (κ3) is 2.66. The lowest BCUT2D eigenvalue weighted by Crippen LogP contribution is -2.34. The highest BCUT2D eigenvalue weighted by Crippen LogP contribution is 2.50. The molecular weight excluding hydrogens is 291 g/mol. The standard InChI is InChI=1S/C19H21FN2O/c20-16-6-4-15(5-7-16)19(23)9-8-14-11-22(13-18(14)19)12-17-3-1-2-10-21-17/h1-7,10,14,18,23H,8-9,11-13H2. The van der Waals surface area contributed by atoms with Crippen LogP contribution in [0.25, 0.3) is 0 Å². The van der Waals surface area contributed by atoms with E-state index >= 15 is 0 Å². The number of hydrogen-bond acceptors (Lipinski definition) is 3. The highest BCUT2D eigenvalue weighted by Gasteiger charge is 2.52. The number of nitrogens with zero attached hydrogens (tertiary/aromatic N) is 2. The summed E-state index contributed by atoms with van der Waals surface area (Å²) in [5, 5.41) is 11.2. The highest BCUT2D eigenvalue weighted by atomic mass is 19.1. The molecule has 2 aliphatic rings. The predicted molar refractivity (Wildman–Crippen MR) is 86.0 cm³/mol. The predicted octanol–water partition coefficient (Wildman–Crippen LogP) is 2.95. The van der Waals surface area contributed by atoms with Crippen LogP contribution in [0.2, 0.25) is 0 Å². The van der Waals surface area contributed by atoms with E-state index in [1.54, 1.807) is 12.1 Å². The van der Waals surface area contributed by atoms with E-state index in [1.165, 1.54) is 12.1 Å². The molecule has 3 atom stereocenters. The average molecular weight is 312 g/mol. The molecule has 3 nitrogen and oxygen atoms in total. The second-order valence-corrected chi connectivity index (χ2v) is 6.85. The zero-order valence-electron chi connectivity index (χ0n) is 13.0. The van der Waals surface area contributed by atoms with Crippen molar-refractivity contribution in [2.75, 3.05) is 13.1 Å². The molecule has 1 saturated carbocycles. The van der Waals surface area contributed by atoms with E-state index in [1.807, 2.05) is 24.4 Å². The van der Waals surface area contributed by atoms with Gasteiger partial charge < -0.3 is 5.11 Å². The lowest BCUT2D eigenvalue weighted by Gasteiger charge is -2.30. The summed E-state index contributed by atoms with van der Waals surface area (Å²) in [4.78, 5) is 6.77. The van der Waals surface area contributed by atoms with Gasteiger partial charge in [0.25, 0.3) is 0 Å². The van der Waals surface area contributed by atoms with Crippen LogP contribution in [0.4, 0.5) is 4.39 Å². The normalized spacial score (nSPS) is 30.5. The van der Waals surface area contributed by atoms with E-state index < -0.39 is 5.60 Å². The zero-order chi connectivity index (χ0) is 15.9. The van der Waals surface area contributed by atoms with Gasteiger partial charge in [0.2, 0.25) is 0 Å². The Labute approximate surface area is 135 Å². The Kier molecular flexibility index (Phi) is 3.66. The summed E-state index contributed by atoms with van der Waals surface area (Å²) in [7, 11) is 0. The van der Waals surface area contributed by atoms with E-state index in [4.69, 9.17) is 0 Å². The molecule has 3 unspecified atom stereocenters. The van der Waals surface area contributed by atoms with Crippen molar-refractivity contribution in [3.63, 3.8) is 0 Å². The smallest absolute Gasteiger partial charge is 0.123 e. The maximum absolute atomic E-state index is 13.2. The molecule has 2 aromatic rings. The van der Waals surface area contributed by atoms with Crippen LogP contribution in [0.15, 0.2) is 48.7 Å². The summed E-state index contributed by atoms with van der Waals surface area (Å²) in [6.45, 7) is 2.70. The number of hydrogen-bond donors (Lipinski definition) is 1. The summed E-state index contributed by atoms with van der Waals surface area (Å²) >= 11 is 0. The van der Waals surface area contributed by atoms with E-state index in [-0.39, 0.29) is 11.7 Å². The lowest BCUT2D eigenvalue weighted by molar-refractivity contribution is -0.00692. The molecular formula is C19H21FN2O. The first-order valence-electron chi connectivity index (χ1n) is 8.26. The number of pyridine rings is 1. The lowest BCUT2D eigenvalue weighted by atomic mass is 9.82. The van der Waals surface area contributed by atoms with Crippen molar-refractivity contribution >= 4 is 0 Å². The highest BCUT2D eigenvalue weighted by molar-refractivity contribution is 5.27. The van der Waals surface area contributed by atoms with Gasteiger partial charge in [-0.05, 0) is 48.6 Å². The SMILES string of the molecule is OC1(c2ccc(F)cc2)CCC2CN(Cc3ccccn3)CC21. The van der Waals surface area contributed by atoms with Gasteiger partial charge in [0.15, 0.2) is 0 Å². The molecule has 23 heavy (non-hydrogen) atoms. The maximum atomic E-state index is 13.2. The number of aromatic nitrogens is 1. The van der Waals surface area contributed by atoms with Crippen molar-refractivity contribution < 1.29 is 9.50 Å². The van der Waals surface area contributed by atoms with E-state index in [0.717, 1.165) is 43.7 Å². The molecule has 2 fully saturated rings. The zero-order valence-corrected chi connectivity index (χ0v) is 13.0. The van der Waals surface area contributed by atoms with Crippen molar-refractivity contribution in [1.82, 2.24) is 9.88 Å². The fourth-order valence-electron chi connectivity index (χ4n) is 4.33. The summed E-state index contributed by atoms with van der Waals surface area (Å²) in [6, 6.07) is 12.3. The van der Waals surface area contributed by atoms with Gasteiger partial charge in [-0.2, -0.15) is 0 Å². The van der Waals surface area contributed by atoms with Crippen LogP contribution < -0.4 is 0 Å². The van der Waals surface area contributed by atoms with Crippen LogP contribution in [-0.2, 0) is 12.1 Å². The first-order chi connectivity index (χ1) is 11.1. The number of fused-ring (bicyclic) bond motifs is 1. The topological polar surface area (TPSA) is 36.4 Å². The minimum atomic E-state index is -0.822. The number of rotatable bonds is 3. The van der Waals surface area contributed by atoms with Crippen molar-refractivity contribution in [1.29, 1.82) is 0 Å². The van der Waals surface area contributed by atoms with E-state index in [0.29, 0.717) is 5.92 Å². The number of benzene rings is 1. The molecule has 2 heterocycles. The Hall–Kier alpha value is -1.78. The first kappa shape index (κ1) is 14.8. The van der Waals surface area contributed by atoms with Crippen LogP contribution in [0.3, 0.4) is 0 Å². The second-order valence-electron chi connectivity index (χ2n) is 6.85. The Balaban J connectivity index is 1.52. The Morgan fingerprint density at radius 2 is 2.00 bits per heavy atom. The second kappa shape index (κ2) is 5.69. The first-order valence-corrected chi connectivity index (χ1v) is 8.26. The molecule has 1 aromatic heterocycles. The van der Waals surface area contributed by atoms with E-state index in [9.17, 15) is 9.50 Å². The van der Waals surface area contributed by atoms with Crippen molar-refractivity contribution in [2.45, 2.75) is 25.0 Å². The maximum Gasteiger partial charge on any atom is 0.123 e. The molecule has 120 valence electrons. The van der Waals surface area contributed by atoms with Crippen LogP contribution in [0.5, 0.6) is 0 Å². The molecule has 4 heteroatoms. The third-order valence-electron chi connectivity index (χ3n) is 5.48. The quantitative estimate of drug-likeness (QED) is 0.946. The number of likely N-dealkylation sites (tertiary alicyclic amines) is 1. The number of aliphatic hydroxyl groups is 1. The minimum absolute atomic E-state index is 0.219. The summed E-state index contributed by atoms with van der Waals surface area (Å²) < 4.78 is 13.2. The largest absolute Gasteiger partial charge is 0.385 e. The molecule has 1 saturated heterocycles. The van der Waals surface area contributed by atoms with Gasteiger partial charge in [0, 0.05) is 31.7 Å². The minimum Gasteiger partial charge on any atom is -0.385 e. The molecule has 1 N–H and O–H groups in total. The van der Waals surface area contributed by atoms with Crippen LogP contribution in [0, 0.1) is 17.7 Å². The monoisotopic (exact) mass is 312 g/mol. The molecule has 1 aliphatic carbocycles. The van der Waals surface area contributed by atoms with Gasteiger partial charge in [-0.3, -0.25) is 9.88 Å². The van der Waals surface area contributed by atoms with Gasteiger partial charge in [-0.25, -0.2) is 4.39 Å². The summed E-state index contributed by atoms with van der Waals surface area (Å²) in [5.74, 6) is 0.473. The molecule has 0 amide bonds. The average Bonchev–Trinajstić information content (AvgIpc) is 3.10. The fraction of sp³-hybridized carbons (Fsp3) is 0.421. The Morgan fingerprint density at radius 3 is 2.74 bits per heavy atom. The Morgan fingerprint density at radius 1 is 1.17 bits per heavy atom. The van der Waals surface area contributed by atoms with Gasteiger partial charge in [0.05, 0.1) is 11.3 Å². The fourth-order valence-corrected chi connectivity index (χ4v) is 4.33. The summed E-state index contributed by atoms with van der Waals surface area (Å²) in [6.07, 6.45) is 3.61. The third-order valence-corrected chi connectivity index (χ3v) is 5.48. The molecule has 1 aliphatic heterocycles. The van der Waals surface area contributed by atoms with Crippen LogP contribution in [0.1, 0.15) is 24.1 Å². The summed E-state index contributed by atoms with van der Waals surface area (Å²) in [5.41, 5.74) is 1.10. The molecule has 0 bridgehead atoms. The molecule has 0 spiro atoms. The van der Waals surface area contributed by atoms with Crippen molar-refractivity contribution in [3.8, 4) is 0 Å². The van der Waals surface area contributed by atoms with Crippen LogP contribution in [-0.4, -0.2) is 28.1 Å². The molecule has 0 radical (unpaired) electrons. The van der Waals surface area contributed by atoms with Crippen molar-refractivity contribution in [2.24, 2.45) is 11.8 Å². The molecule has 4 rings (SSSR count). The van der Waals surface area contributed by atoms with Crippen LogP contribution >= 0.6 is 0 Å². The van der Waals surface area contributed by atoms with Gasteiger partial charge >= 0.3 is 0 Å². The van der Waals surface area contributed by atoms with Crippen molar-refractivity contribution in [3.05, 3.63) is 65.7 Å². The van der Waals surface area contributed by atoms with Gasteiger partial charge in [-0.15, -0.1) is 0 Å². The molecule has 1 aromatic carbocycles. The number of halogens is 1. The Bertz CT molecular complexity index is 676.